The van der Waals surface area contributed by atoms with Crippen LogP contribution in [0, 0.1) is 26.6 Å². The zero-order valence-corrected chi connectivity index (χ0v) is 15.2. The summed E-state index contributed by atoms with van der Waals surface area (Å²) in [5, 5.41) is 5.28. The van der Waals surface area contributed by atoms with Gasteiger partial charge in [-0.05, 0) is 61.2 Å². The minimum absolute atomic E-state index is 0.120. The summed E-state index contributed by atoms with van der Waals surface area (Å²) in [6.07, 6.45) is 0.120. The van der Waals surface area contributed by atoms with E-state index in [2.05, 4.69) is 43.2 Å². The van der Waals surface area contributed by atoms with Crippen LogP contribution in [0.4, 0.5) is 9.52 Å². The maximum Gasteiger partial charge on any atom is 0.230 e. The number of aromatic nitrogens is 1. The van der Waals surface area contributed by atoms with Gasteiger partial charge >= 0.3 is 0 Å². The number of carbonyl (C=O) groups excluding carboxylic acids is 1. The smallest absolute Gasteiger partial charge is 0.230 e. The van der Waals surface area contributed by atoms with E-state index in [0.717, 1.165) is 16.8 Å². The lowest BCUT2D eigenvalue weighted by atomic mass is 9.99. The molecule has 1 N–H and O–H groups in total. The highest BCUT2D eigenvalue weighted by Gasteiger charge is 2.11. The van der Waals surface area contributed by atoms with Gasteiger partial charge in [0, 0.05) is 10.9 Å². The molecule has 0 aliphatic rings. The van der Waals surface area contributed by atoms with Crippen molar-refractivity contribution in [3.8, 4) is 11.3 Å². The van der Waals surface area contributed by atoms with Gasteiger partial charge in [-0.1, -0.05) is 18.2 Å². The van der Waals surface area contributed by atoms with E-state index in [0.29, 0.717) is 10.7 Å². The number of hydrogen-bond donors (Lipinski definition) is 1. The SMILES string of the molecule is Cc1cc(C)c(-c2csc(NC(=O)Cc3cccc(F)c3)n2)cc1C. The summed E-state index contributed by atoms with van der Waals surface area (Å²) in [6, 6.07) is 10.3. The van der Waals surface area contributed by atoms with Gasteiger partial charge in [0.2, 0.25) is 5.91 Å². The van der Waals surface area contributed by atoms with Crippen molar-refractivity contribution in [3.63, 3.8) is 0 Å². The summed E-state index contributed by atoms with van der Waals surface area (Å²) in [4.78, 5) is 16.7. The monoisotopic (exact) mass is 354 g/mol. The highest BCUT2D eigenvalue weighted by molar-refractivity contribution is 7.14. The van der Waals surface area contributed by atoms with Crippen LogP contribution >= 0.6 is 11.3 Å². The van der Waals surface area contributed by atoms with Crippen molar-refractivity contribution in [1.29, 1.82) is 0 Å². The summed E-state index contributed by atoms with van der Waals surface area (Å²) in [7, 11) is 0. The van der Waals surface area contributed by atoms with E-state index >= 15 is 0 Å². The average Bonchev–Trinajstić information content (AvgIpc) is 2.99. The number of carbonyl (C=O) groups is 1. The Morgan fingerprint density at radius 2 is 1.88 bits per heavy atom. The van der Waals surface area contributed by atoms with E-state index in [-0.39, 0.29) is 18.1 Å². The molecule has 2 aromatic carbocycles. The van der Waals surface area contributed by atoms with Gasteiger partial charge in [-0.2, -0.15) is 0 Å². The number of amides is 1. The van der Waals surface area contributed by atoms with Gasteiger partial charge in [-0.15, -0.1) is 11.3 Å². The van der Waals surface area contributed by atoms with Crippen LogP contribution in [0.1, 0.15) is 22.3 Å². The predicted octanol–water partition coefficient (Wildman–Crippen LogP) is 5.06. The largest absolute Gasteiger partial charge is 0.302 e. The summed E-state index contributed by atoms with van der Waals surface area (Å²) in [6.45, 7) is 6.22. The summed E-state index contributed by atoms with van der Waals surface area (Å²) in [5.74, 6) is -0.546. The number of halogens is 1. The first-order valence-electron chi connectivity index (χ1n) is 8.00. The number of anilines is 1. The Bertz CT molecular complexity index is 933. The van der Waals surface area contributed by atoms with Crippen LogP contribution in [0.25, 0.3) is 11.3 Å². The molecule has 128 valence electrons. The topological polar surface area (TPSA) is 42.0 Å². The first-order valence-corrected chi connectivity index (χ1v) is 8.88. The second-order valence-corrected chi connectivity index (χ2v) is 7.00. The average molecular weight is 354 g/mol. The van der Waals surface area contributed by atoms with Gasteiger partial charge < -0.3 is 5.32 Å². The third kappa shape index (κ3) is 4.12. The zero-order chi connectivity index (χ0) is 18.0. The van der Waals surface area contributed by atoms with Gasteiger partial charge in [0.25, 0.3) is 0 Å². The molecule has 0 saturated carbocycles. The molecule has 3 rings (SSSR count). The van der Waals surface area contributed by atoms with Crippen molar-refractivity contribution in [2.24, 2.45) is 0 Å². The maximum atomic E-state index is 13.2. The Balaban J connectivity index is 1.73. The first kappa shape index (κ1) is 17.3. The Hall–Kier alpha value is -2.53. The zero-order valence-electron chi connectivity index (χ0n) is 14.4. The van der Waals surface area contributed by atoms with Crippen LogP contribution < -0.4 is 5.32 Å². The molecule has 1 aromatic heterocycles. The number of hydrogen-bond acceptors (Lipinski definition) is 3. The molecule has 0 fully saturated rings. The van der Waals surface area contributed by atoms with Crippen molar-refractivity contribution in [2.75, 3.05) is 5.32 Å². The summed E-state index contributed by atoms with van der Waals surface area (Å²) < 4.78 is 13.2. The Morgan fingerprint density at radius 3 is 2.64 bits per heavy atom. The summed E-state index contributed by atoms with van der Waals surface area (Å²) >= 11 is 1.39. The van der Waals surface area contributed by atoms with E-state index in [1.807, 2.05) is 5.38 Å². The normalized spacial score (nSPS) is 10.7. The van der Waals surface area contributed by atoms with Crippen molar-refractivity contribution in [3.05, 3.63) is 69.8 Å². The van der Waals surface area contributed by atoms with Crippen molar-refractivity contribution in [1.82, 2.24) is 4.98 Å². The number of rotatable bonds is 4. The van der Waals surface area contributed by atoms with Crippen molar-refractivity contribution >= 4 is 22.4 Å². The van der Waals surface area contributed by atoms with E-state index in [4.69, 9.17) is 0 Å². The van der Waals surface area contributed by atoms with Crippen LogP contribution in [-0.2, 0) is 11.2 Å². The number of thiazole rings is 1. The molecule has 0 bridgehead atoms. The Morgan fingerprint density at radius 1 is 1.12 bits per heavy atom. The minimum Gasteiger partial charge on any atom is -0.302 e. The van der Waals surface area contributed by atoms with Gasteiger partial charge in [0.1, 0.15) is 5.82 Å². The lowest BCUT2D eigenvalue weighted by molar-refractivity contribution is -0.115. The second kappa shape index (κ2) is 7.15. The molecule has 0 atom stereocenters. The van der Waals surface area contributed by atoms with Gasteiger partial charge in [-0.25, -0.2) is 9.37 Å². The van der Waals surface area contributed by atoms with E-state index in [9.17, 15) is 9.18 Å². The molecule has 1 amide bonds. The Labute approximate surface area is 150 Å². The predicted molar refractivity (Wildman–Crippen MR) is 100 cm³/mol. The first-order chi connectivity index (χ1) is 11.9. The Kier molecular flexibility index (Phi) is 4.95. The molecule has 3 aromatic rings. The number of aryl methyl sites for hydroxylation is 3. The minimum atomic E-state index is -0.341. The van der Waals surface area contributed by atoms with E-state index in [1.165, 1.54) is 34.6 Å². The van der Waals surface area contributed by atoms with Gasteiger partial charge in [0.15, 0.2) is 5.13 Å². The third-order valence-electron chi connectivity index (χ3n) is 4.12. The van der Waals surface area contributed by atoms with Crippen molar-refractivity contribution < 1.29 is 9.18 Å². The fourth-order valence-corrected chi connectivity index (χ4v) is 3.41. The van der Waals surface area contributed by atoms with E-state index < -0.39 is 0 Å². The van der Waals surface area contributed by atoms with Gasteiger partial charge in [0.05, 0.1) is 12.1 Å². The number of benzene rings is 2. The molecule has 0 aliphatic heterocycles. The lowest BCUT2D eigenvalue weighted by Gasteiger charge is -2.07. The fourth-order valence-electron chi connectivity index (χ4n) is 2.69. The molecule has 0 saturated heterocycles. The maximum absolute atomic E-state index is 13.2. The van der Waals surface area contributed by atoms with Crippen LogP contribution in [0.3, 0.4) is 0 Å². The quantitative estimate of drug-likeness (QED) is 0.712. The van der Waals surface area contributed by atoms with Crippen molar-refractivity contribution in [2.45, 2.75) is 27.2 Å². The fraction of sp³-hybridized carbons (Fsp3) is 0.200. The highest BCUT2D eigenvalue weighted by Crippen LogP contribution is 2.29. The standard InChI is InChI=1S/C20H19FN2OS/c1-12-7-14(3)17(8-13(12)2)18-11-25-20(22-18)23-19(24)10-15-5-4-6-16(21)9-15/h4-9,11H,10H2,1-3H3,(H,22,23,24). The molecule has 25 heavy (non-hydrogen) atoms. The molecule has 5 heteroatoms. The van der Waals surface area contributed by atoms with Crippen LogP contribution in [0.5, 0.6) is 0 Å². The van der Waals surface area contributed by atoms with Crippen LogP contribution in [0.15, 0.2) is 41.8 Å². The molecule has 0 aliphatic carbocycles. The molecule has 1 heterocycles. The van der Waals surface area contributed by atoms with Crippen LogP contribution in [0.2, 0.25) is 0 Å². The molecule has 0 spiro atoms. The number of nitrogens with zero attached hydrogens (tertiary/aromatic N) is 1. The number of nitrogens with one attached hydrogen (secondary N) is 1. The molecule has 3 nitrogen and oxygen atoms in total. The summed E-state index contributed by atoms with van der Waals surface area (Å²) in [5.41, 5.74) is 6.19. The van der Waals surface area contributed by atoms with Gasteiger partial charge in [-0.3, -0.25) is 4.79 Å². The van der Waals surface area contributed by atoms with E-state index in [1.54, 1.807) is 12.1 Å². The molecule has 0 unspecified atom stereocenters. The highest BCUT2D eigenvalue weighted by atomic mass is 32.1. The molecule has 0 radical (unpaired) electrons. The lowest BCUT2D eigenvalue weighted by Crippen LogP contribution is -2.14. The molecular weight excluding hydrogens is 335 g/mol. The second-order valence-electron chi connectivity index (χ2n) is 6.14. The third-order valence-corrected chi connectivity index (χ3v) is 4.88. The van der Waals surface area contributed by atoms with Crippen LogP contribution in [-0.4, -0.2) is 10.9 Å². The molecular formula is C20H19FN2OS.